The molecular weight excluding hydrogens is 280 g/mol. The molecule has 0 saturated carbocycles. The van der Waals surface area contributed by atoms with Crippen molar-refractivity contribution in [3.63, 3.8) is 0 Å². The van der Waals surface area contributed by atoms with Gasteiger partial charge in [0, 0.05) is 35.6 Å². The second-order valence-corrected chi connectivity index (χ2v) is 5.74. The van der Waals surface area contributed by atoms with E-state index in [0.717, 1.165) is 36.3 Å². The summed E-state index contributed by atoms with van der Waals surface area (Å²) in [6.45, 7) is 4.60. The average molecular weight is 299 g/mol. The molecule has 0 bridgehead atoms. The fourth-order valence-corrected chi connectivity index (χ4v) is 2.86. The number of fused-ring (bicyclic) bond motifs is 1. The number of nitrogens with zero attached hydrogens (tertiary/aromatic N) is 1. The highest BCUT2D eigenvalue weighted by atomic mass is 79.9. The summed E-state index contributed by atoms with van der Waals surface area (Å²) in [6.07, 6.45) is 1.01. The second-order valence-electron chi connectivity index (χ2n) is 4.83. The van der Waals surface area contributed by atoms with Gasteiger partial charge in [-0.2, -0.15) is 0 Å². The van der Waals surface area contributed by atoms with Gasteiger partial charge in [-0.25, -0.2) is 0 Å². The van der Waals surface area contributed by atoms with Gasteiger partial charge < -0.3 is 15.4 Å². The van der Waals surface area contributed by atoms with Gasteiger partial charge >= 0.3 is 0 Å². The number of hydrogen-bond donors (Lipinski definition) is 1. The van der Waals surface area contributed by atoms with Crippen LogP contribution in [-0.2, 0) is 13.0 Å². The minimum absolute atomic E-state index is 0.195. The molecule has 0 fully saturated rings. The Bertz CT molecular complexity index is 407. The van der Waals surface area contributed by atoms with E-state index in [-0.39, 0.29) is 6.04 Å². The third-order valence-electron chi connectivity index (χ3n) is 2.87. The molecule has 1 aliphatic heterocycles. The molecule has 2 rings (SSSR count). The maximum Gasteiger partial charge on any atom is 0.127 e. The van der Waals surface area contributed by atoms with Crippen molar-refractivity contribution in [2.24, 2.45) is 5.73 Å². The number of likely N-dealkylation sites (N-methyl/N-ethyl adjacent to an activating group) is 1. The highest BCUT2D eigenvalue weighted by molar-refractivity contribution is 9.10. The lowest BCUT2D eigenvalue weighted by atomic mass is 10.1. The molecule has 1 atom stereocenters. The van der Waals surface area contributed by atoms with Crippen LogP contribution >= 0.6 is 15.9 Å². The maximum absolute atomic E-state index is 5.81. The summed E-state index contributed by atoms with van der Waals surface area (Å²) in [5.74, 6) is 1.07. The molecule has 0 amide bonds. The van der Waals surface area contributed by atoms with E-state index in [0.29, 0.717) is 0 Å². The van der Waals surface area contributed by atoms with E-state index in [9.17, 15) is 0 Å². The molecule has 0 radical (unpaired) electrons. The number of hydrogen-bond acceptors (Lipinski definition) is 3. The third-order valence-corrected chi connectivity index (χ3v) is 3.32. The highest BCUT2D eigenvalue weighted by Crippen LogP contribution is 2.33. The van der Waals surface area contributed by atoms with Crippen molar-refractivity contribution in [2.45, 2.75) is 25.9 Å². The van der Waals surface area contributed by atoms with Gasteiger partial charge in [0.1, 0.15) is 5.75 Å². The second kappa shape index (κ2) is 5.38. The topological polar surface area (TPSA) is 38.5 Å². The molecule has 0 aliphatic carbocycles. The molecule has 1 heterocycles. The highest BCUT2D eigenvalue weighted by Gasteiger charge is 2.18. The van der Waals surface area contributed by atoms with Crippen LogP contribution in [0.4, 0.5) is 0 Å². The van der Waals surface area contributed by atoms with Crippen molar-refractivity contribution in [3.05, 3.63) is 27.7 Å². The van der Waals surface area contributed by atoms with Crippen LogP contribution in [0.2, 0.25) is 0 Å². The van der Waals surface area contributed by atoms with E-state index in [2.05, 4.69) is 40.0 Å². The molecule has 1 aliphatic rings. The summed E-state index contributed by atoms with van der Waals surface area (Å²) in [7, 11) is 2.09. The maximum atomic E-state index is 5.81. The smallest absolute Gasteiger partial charge is 0.127 e. The SMILES string of the molecule is CC(N)CN(C)Cc1cc(Br)cc2c1OCC2. The number of nitrogens with two attached hydrogens (primary N) is 1. The zero-order valence-electron chi connectivity index (χ0n) is 10.4. The van der Waals surface area contributed by atoms with E-state index in [1.54, 1.807) is 0 Å². The molecule has 0 saturated heterocycles. The standard InChI is InChI=1S/C13H19BrN2O/c1-9(15)7-16(2)8-11-6-12(14)5-10-3-4-17-13(10)11/h5-6,9H,3-4,7-8,15H2,1-2H3. The van der Waals surface area contributed by atoms with Gasteiger partial charge in [-0.1, -0.05) is 15.9 Å². The zero-order chi connectivity index (χ0) is 12.4. The van der Waals surface area contributed by atoms with E-state index < -0.39 is 0 Å². The minimum atomic E-state index is 0.195. The first-order valence-electron chi connectivity index (χ1n) is 5.94. The van der Waals surface area contributed by atoms with Gasteiger partial charge in [0.15, 0.2) is 0 Å². The fourth-order valence-electron chi connectivity index (χ4n) is 2.31. The summed E-state index contributed by atoms with van der Waals surface area (Å²) in [6, 6.07) is 4.49. The molecule has 3 nitrogen and oxygen atoms in total. The van der Waals surface area contributed by atoms with E-state index in [4.69, 9.17) is 10.5 Å². The molecule has 1 unspecified atom stereocenters. The molecule has 1 aromatic rings. The molecule has 1 aromatic carbocycles. The van der Waals surface area contributed by atoms with E-state index in [1.807, 2.05) is 6.92 Å². The van der Waals surface area contributed by atoms with Crippen LogP contribution in [-0.4, -0.2) is 31.1 Å². The number of rotatable bonds is 4. The first-order chi connectivity index (χ1) is 8.06. The third kappa shape index (κ3) is 3.21. The fraction of sp³-hybridized carbons (Fsp3) is 0.538. The van der Waals surface area contributed by atoms with Crippen LogP contribution < -0.4 is 10.5 Å². The Morgan fingerprint density at radius 2 is 2.29 bits per heavy atom. The van der Waals surface area contributed by atoms with Gasteiger partial charge in [-0.3, -0.25) is 0 Å². The van der Waals surface area contributed by atoms with Crippen molar-refractivity contribution in [3.8, 4) is 5.75 Å². The van der Waals surface area contributed by atoms with Crippen molar-refractivity contribution in [1.82, 2.24) is 4.90 Å². The van der Waals surface area contributed by atoms with Crippen molar-refractivity contribution < 1.29 is 4.74 Å². The van der Waals surface area contributed by atoms with Gasteiger partial charge in [0.25, 0.3) is 0 Å². The lowest BCUT2D eigenvalue weighted by molar-refractivity contribution is 0.298. The van der Waals surface area contributed by atoms with Crippen molar-refractivity contribution in [2.75, 3.05) is 20.2 Å². The summed E-state index contributed by atoms with van der Waals surface area (Å²) < 4.78 is 6.84. The lowest BCUT2D eigenvalue weighted by Gasteiger charge is -2.20. The van der Waals surface area contributed by atoms with Gasteiger partial charge in [0.2, 0.25) is 0 Å². The Labute approximate surface area is 111 Å². The number of benzene rings is 1. The molecular formula is C13H19BrN2O. The predicted molar refractivity (Wildman–Crippen MR) is 73.3 cm³/mol. The summed E-state index contributed by atoms with van der Waals surface area (Å²) >= 11 is 3.56. The van der Waals surface area contributed by atoms with Gasteiger partial charge in [-0.05, 0) is 31.7 Å². The Morgan fingerprint density at radius 3 is 3.00 bits per heavy atom. The largest absolute Gasteiger partial charge is 0.493 e. The Balaban J connectivity index is 2.15. The molecule has 4 heteroatoms. The Hall–Kier alpha value is -0.580. The Morgan fingerprint density at radius 1 is 1.53 bits per heavy atom. The lowest BCUT2D eigenvalue weighted by Crippen LogP contribution is -2.32. The van der Waals surface area contributed by atoms with Crippen LogP contribution in [0, 0.1) is 0 Å². The average Bonchev–Trinajstić information content (AvgIpc) is 2.63. The molecule has 0 spiro atoms. The van der Waals surface area contributed by atoms with Crippen LogP contribution in [0.5, 0.6) is 5.75 Å². The van der Waals surface area contributed by atoms with Crippen LogP contribution in [0.1, 0.15) is 18.1 Å². The monoisotopic (exact) mass is 298 g/mol. The summed E-state index contributed by atoms with van der Waals surface area (Å²) in [5.41, 5.74) is 8.36. The summed E-state index contributed by atoms with van der Waals surface area (Å²) in [5, 5.41) is 0. The molecule has 2 N–H and O–H groups in total. The van der Waals surface area contributed by atoms with Crippen LogP contribution in [0.25, 0.3) is 0 Å². The van der Waals surface area contributed by atoms with E-state index in [1.165, 1.54) is 11.1 Å². The number of halogens is 1. The van der Waals surface area contributed by atoms with Crippen molar-refractivity contribution >= 4 is 15.9 Å². The predicted octanol–water partition coefficient (Wildman–Crippen LogP) is 2.16. The first kappa shape index (κ1) is 12.9. The first-order valence-corrected chi connectivity index (χ1v) is 6.74. The van der Waals surface area contributed by atoms with Crippen molar-refractivity contribution in [1.29, 1.82) is 0 Å². The number of ether oxygens (including phenoxy) is 1. The van der Waals surface area contributed by atoms with Crippen LogP contribution in [0.15, 0.2) is 16.6 Å². The van der Waals surface area contributed by atoms with Gasteiger partial charge in [-0.15, -0.1) is 0 Å². The zero-order valence-corrected chi connectivity index (χ0v) is 12.0. The summed E-state index contributed by atoms with van der Waals surface area (Å²) in [4.78, 5) is 2.23. The van der Waals surface area contributed by atoms with E-state index >= 15 is 0 Å². The molecule has 94 valence electrons. The Kier molecular flexibility index (Phi) is 4.07. The quantitative estimate of drug-likeness (QED) is 0.926. The molecule has 0 aromatic heterocycles. The molecule has 17 heavy (non-hydrogen) atoms. The normalized spacial score (nSPS) is 15.8. The van der Waals surface area contributed by atoms with Crippen LogP contribution in [0.3, 0.4) is 0 Å². The minimum Gasteiger partial charge on any atom is -0.493 e. The van der Waals surface area contributed by atoms with Gasteiger partial charge in [0.05, 0.1) is 6.61 Å².